The number of unbranched alkanes of at least 4 members (excludes halogenated alkanes) is 1. The lowest BCUT2D eigenvalue weighted by atomic mass is 9.97. The number of hydrogen-bond donors (Lipinski definition) is 0. The van der Waals surface area contributed by atoms with Crippen molar-refractivity contribution in [2.24, 2.45) is 0 Å². The summed E-state index contributed by atoms with van der Waals surface area (Å²) in [5.74, 6) is 0.904. The molecule has 0 aliphatic carbocycles. The summed E-state index contributed by atoms with van der Waals surface area (Å²) in [6.07, 6.45) is 10.7. The van der Waals surface area contributed by atoms with Gasteiger partial charge in [0, 0.05) is 19.1 Å². The Morgan fingerprint density at radius 3 is 2.67 bits per heavy atom. The van der Waals surface area contributed by atoms with Crippen LogP contribution in [-0.4, -0.2) is 54.5 Å². The van der Waals surface area contributed by atoms with E-state index in [-0.39, 0.29) is 5.91 Å². The van der Waals surface area contributed by atoms with Crippen molar-refractivity contribution in [2.45, 2.75) is 70.8 Å². The molecule has 1 amide bonds. The highest BCUT2D eigenvalue weighted by Gasteiger charge is 2.29. The molecule has 2 fully saturated rings. The van der Waals surface area contributed by atoms with Crippen LogP contribution < -0.4 is 4.74 Å². The van der Waals surface area contributed by atoms with E-state index in [2.05, 4.69) is 16.7 Å². The van der Waals surface area contributed by atoms with E-state index in [4.69, 9.17) is 4.74 Å². The molecule has 0 unspecified atom stereocenters. The standard InChI is InChI=1S/C23H36N2O2/c1-2-3-19-27-22-13-6-5-12-21(22)23(26)25-17-10-7-11-20(25)14-18-24-15-8-4-9-16-24/h5-6,12-13,20H,2-4,7-11,14-19H2,1H3/t20-/m0/s1. The molecule has 0 N–H and O–H groups in total. The van der Waals surface area contributed by atoms with Crippen molar-refractivity contribution in [2.75, 3.05) is 32.8 Å². The Morgan fingerprint density at radius 1 is 1.07 bits per heavy atom. The smallest absolute Gasteiger partial charge is 0.257 e. The third kappa shape index (κ3) is 5.71. The van der Waals surface area contributed by atoms with Crippen molar-refractivity contribution in [3.05, 3.63) is 29.8 Å². The summed E-state index contributed by atoms with van der Waals surface area (Å²) in [5.41, 5.74) is 0.735. The summed E-state index contributed by atoms with van der Waals surface area (Å²) < 4.78 is 5.92. The zero-order valence-corrected chi connectivity index (χ0v) is 17.0. The van der Waals surface area contributed by atoms with Crippen LogP contribution in [-0.2, 0) is 0 Å². The number of carbonyl (C=O) groups excluding carboxylic acids is 1. The van der Waals surface area contributed by atoms with Gasteiger partial charge >= 0.3 is 0 Å². The Hall–Kier alpha value is -1.55. The van der Waals surface area contributed by atoms with Gasteiger partial charge in [-0.25, -0.2) is 0 Å². The van der Waals surface area contributed by atoms with Crippen LogP contribution in [0, 0.1) is 0 Å². The van der Waals surface area contributed by atoms with Crippen LogP contribution in [0.15, 0.2) is 24.3 Å². The van der Waals surface area contributed by atoms with Gasteiger partial charge in [-0.15, -0.1) is 0 Å². The largest absolute Gasteiger partial charge is 0.493 e. The van der Waals surface area contributed by atoms with Crippen LogP contribution in [0.5, 0.6) is 5.75 Å². The molecular weight excluding hydrogens is 336 g/mol. The third-order valence-electron chi connectivity index (χ3n) is 5.99. The van der Waals surface area contributed by atoms with E-state index in [0.29, 0.717) is 12.6 Å². The summed E-state index contributed by atoms with van der Waals surface area (Å²) >= 11 is 0. The predicted molar refractivity (Wildman–Crippen MR) is 110 cm³/mol. The van der Waals surface area contributed by atoms with Gasteiger partial charge in [0.05, 0.1) is 12.2 Å². The van der Waals surface area contributed by atoms with Gasteiger partial charge in [0.25, 0.3) is 5.91 Å². The minimum absolute atomic E-state index is 0.158. The van der Waals surface area contributed by atoms with E-state index in [1.165, 1.54) is 38.8 Å². The number of para-hydroxylation sites is 1. The second kappa shape index (κ2) is 10.7. The summed E-state index contributed by atoms with van der Waals surface area (Å²) in [5, 5.41) is 0. The van der Waals surface area contributed by atoms with E-state index in [9.17, 15) is 4.79 Å². The molecule has 4 nitrogen and oxygen atoms in total. The van der Waals surface area contributed by atoms with Gasteiger partial charge < -0.3 is 14.5 Å². The molecule has 0 aromatic heterocycles. The van der Waals surface area contributed by atoms with Crippen molar-refractivity contribution in [1.82, 2.24) is 9.80 Å². The maximum Gasteiger partial charge on any atom is 0.257 e. The van der Waals surface area contributed by atoms with Gasteiger partial charge in [-0.1, -0.05) is 31.9 Å². The zero-order valence-electron chi connectivity index (χ0n) is 17.0. The molecule has 1 aromatic carbocycles. The molecule has 2 aliphatic rings. The lowest BCUT2D eigenvalue weighted by Gasteiger charge is -2.38. The Bertz CT molecular complexity index is 583. The number of piperidine rings is 2. The van der Waals surface area contributed by atoms with E-state index in [0.717, 1.165) is 56.5 Å². The molecule has 27 heavy (non-hydrogen) atoms. The molecular formula is C23H36N2O2. The first-order valence-corrected chi connectivity index (χ1v) is 11.0. The molecule has 150 valence electrons. The number of hydrogen-bond acceptors (Lipinski definition) is 3. The van der Waals surface area contributed by atoms with Crippen LogP contribution >= 0.6 is 0 Å². The topological polar surface area (TPSA) is 32.8 Å². The van der Waals surface area contributed by atoms with Crippen LogP contribution in [0.4, 0.5) is 0 Å². The van der Waals surface area contributed by atoms with Crippen LogP contribution in [0.3, 0.4) is 0 Å². The Kier molecular flexibility index (Phi) is 8.00. The minimum Gasteiger partial charge on any atom is -0.493 e. The normalized spacial score (nSPS) is 21.2. The fraction of sp³-hybridized carbons (Fsp3) is 0.696. The second-order valence-corrected chi connectivity index (χ2v) is 8.04. The zero-order chi connectivity index (χ0) is 18.9. The molecule has 0 bridgehead atoms. The Labute approximate surface area is 164 Å². The predicted octanol–water partition coefficient (Wildman–Crippen LogP) is 4.74. The van der Waals surface area contributed by atoms with Gasteiger partial charge in [-0.05, 0) is 70.2 Å². The maximum atomic E-state index is 13.3. The fourth-order valence-corrected chi connectivity index (χ4v) is 4.33. The molecule has 0 radical (unpaired) electrons. The number of carbonyl (C=O) groups is 1. The van der Waals surface area contributed by atoms with E-state index in [1.54, 1.807) is 0 Å². The van der Waals surface area contributed by atoms with E-state index >= 15 is 0 Å². The highest BCUT2D eigenvalue weighted by atomic mass is 16.5. The molecule has 2 saturated heterocycles. The number of amides is 1. The number of rotatable bonds is 8. The fourth-order valence-electron chi connectivity index (χ4n) is 4.33. The van der Waals surface area contributed by atoms with Crippen LogP contribution in [0.25, 0.3) is 0 Å². The number of likely N-dealkylation sites (tertiary alicyclic amines) is 2. The minimum atomic E-state index is 0.158. The molecule has 1 aromatic rings. The number of benzene rings is 1. The molecule has 1 atom stereocenters. The summed E-state index contributed by atoms with van der Waals surface area (Å²) in [6, 6.07) is 8.15. The summed E-state index contributed by atoms with van der Waals surface area (Å²) in [6.45, 7) is 7.31. The first kappa shape index (κ1) is 20.2. The van der Waals surface area contributed by atoms with E-state index < -0.39 is 0 Å². The van der Waals surface area contributed by atoms with Gasteiger partial charge in [0.15, 0.2) is 0 Å². The molecule has 3 rings (SSSR count). The Morgan fingerprint density at radius 2 is 1.85 bits per heavy atom. The SMILES string of the molecule is CCCCOc1ccccc1C(=O)N1CCCC[C@H]1CCN1CCCCC1. The van der Waals surface area contributed by atoms with Crippen molar-refractivity contribution in [3.63, 3.8) is 0 Å². The van der Waals surface area contributed by atoms with Gasteiger partial charge in [0.2, 0.25) is 0 Å². The maximum absolute atomic E-state index is 13.3. The van der Waals surface area contributed by atoms with Crippen LogP contribution in [0.1, 0.15) is 75.1 Å². The lowest BCUT2D eigenvalue weighted by molar-refractivity contribution is 0.0575. The van der Waals surface area contributed by atoms with Crippen molar-refractivity contribution >= 4 is 5.91 Å². The molecule has 0 saturated carbocycles. The second-order valence-electron chi connectivity index (χ2n) is 8.04. The average molecular weight is 373 g/mol. The van der Waals surface area contributed by atoms with Gasteiger partial charge in [0.1, 0.15) is 5.75 Å². The highest BCUT2D eigenvalue weighted by molar-refractivity contribution is 5.97. The molecule has 4 heteroatoms. The van der Waals surface area contributed by atoms with Gasteiger partial charge in [-0.2, -0.15) is 0 Å². The lowest BCUT2D eigenvalue weighted by Crippen LogP contribution is -2.45. The van der Waals surface area contributed by atoms with E-state index in [1.807, 2.05) is 24.3 Å². The summed E-state index contributed by atoms with van der Waals surface area (Å²) in [4.78, 5) is 18.1. The van der Waals surface area contributed by atoms with Crippen molar-refractivity contribution < 1.29 is 9.53 Å². The highest BCUT2D eigenvalue weighted by Crippen LogP contribution is 2.26. The summed E-state index contributed by atoms with van der Waals surface area (Å²) in [7, 11) is 0. The van der Waals surface area contributed by atoms with Crippen LogP contribution in [0.2, 0.25) is 0 Å². The quantitative estimate of drug-likeness (QED) is 0.618. The number of nitrogens with zero attached hydrogens (tertiary/aromatic N) is 2. The van der Waals surface area contributed by atoms with Gasteiger partial charge in [-0.3, -0.25) is 4.79 Å². The molecule has 2 aliphatic heterocycles. The van der Waals surface area contributed by atoms with Crippen molar-refractivity contribution in [1.29, 1.82) is 0 Å². The Balaban J connectivity index is 1.64. The average Bonchev–Trinajstić information content (AvgIpc) is 2.73. The number of ether oxygens (including phenoxy) is 1. The first-order valence-electron chi connectivity index (χ1n) is 11.0. The molecule has 0 spiro atoms. The monoisotopic (exact) mass is 372 g/mol. The third-order valence-corrected chi connectivity index (χ3v) is 5.99. The first-order chi connectivity index (χ1) is 13.3. The molecule has 2 heterocycles. The van der Waals surface area contributed by atoms with Crippen molar-refractivity contribution in [3.8, 4) is 5.75 Å².